The lowest BCUT2D eigenvalue weighted by atomic mass is 9.76. The number of Topliss-reactive ketones (excluding diaryl/α,β-unsaturated/α-hetero) is 1. The number of carbonyl (C=O) groups is 1. The van der Waals surface area contributed by atoms with E-state index in [1.807, 2.05) is 13.0 Å². The van der Waals surface area contributed by atoms with Gasteiger partial charge in [-0.05, 0) is 86.1 Å². The fourth-order valence-corrected chi connectivity index (χ4v) is 4.45. The summed E-state index contributed by atoms with van der Waals surface area (Å²) >= 11 is 0. The van der Waals surface area contributed by atoms with Crippen LogP contribution < -0.4 is 4.74 Å². The van der Waals surface area contributed by atoms with Crippen LogP contribution in [0.4, 0.5) is 13.2 Å². The Labute approximate surface area is 174 Å². The molecular formula is C24H26F3NO2. The van der Waals surface area contributed by atoms with Crippen molar-refractivity contribution in [1.29, 1.82) is 0 Å². The van der Waals surface area contributed by atoms with Crippen LogP contribution in [-0.4, -0.2) is 17.1 Å². The van der Waals surface area contributed by atoms with Crippen molar-refractivity contribution < 1.29 is 22.7 Å². The number of aryl methyl sites for hydroxylation is 1. The molecule has 3 nitrogen and oxygen atoms in total. The molecule has 2 saturated carbocycles. The van der Waals surface area contributed by atoms with Gasteiger partial charge in [0.2, 0.25) is 0 Å². The first-order chi connectivity index (χ1) is 14.3. The average Bonchev–Trinajstić information content (AvgIpc) is 3.58. The Bertz CT molecular complexity index is 896. The molecule has 0 spiro atoms. The Morgan fingerprint density at radius 2 is 1.60 bits per heavy atom. The number of pyridine rings is 1. The molecule has 30 heavy (non-hydrogen) atoms. The lowest BCUT2D eigenvalue weighted by Gasteiger charge is -2.28. The molecule has 2 aromatic rings. The third-order valence-electron chi connectivity index (χ3n) is 6.28. The molecule has 0 unspecified atom stereocenters. The number of ether oxygens (including phenoxy) is 1. The van der Waals surface area contributed by atoms with Crippen molar-refractivity contribution in [2.75, 3.05) is 0 Å². The first kappa shape index (κ1) is 20.9. The van der Waals surface area contributed by atoms with E-state index in [0.717, 1.165) is 61.8 Å². The second-order valence-corrected chi connectivity index (χ2v) is 8.40. The van der Waals surface area contributed by atoms with Crippen molar-refractivity contribution in [1.82, 2.24) is 4.98 Å². The predicted molar refractivity (Wildman–Crippen MR) is 108 cm³/mol. The van der Waals surface area contributed by atoms with Gasteiger partial charge in [0.15, 0.2) is 5.78 Å². The van der Waals surface area contributed by atoms with Crippen molar-refractivity contribution in [2.24, 2.45) is 5.92 Å². The molecule has 0 aliphatic heterocycles. The van der Waals surface area contributed by atoms with Gasteiger partial charge in [0.25, 0.3) is 0 Å². The van der Waals surface area contributed by atoms with E-state index in [9.17, 15) is 18.0 Å². The quantitative estimate of drug-likeness (QED) is 0.499. The summed E-state index contributed by atoms with van der Waals surface area (Å²) in [6.45, 7) is 2.05. The second-order valence-electron chi connectivity index (χ2n) is 8.40. The van der Waals surface area contributed by atoms with E-state index >= 15 is 0 Å². The van der Waals surface area contributed by atoms with Gasteiger partial charge >= 0.3 is 6.36 Å². The molecule has 0 radical (unpaired) electrons. The van der Waals surface area contributed by atoms with Crippen LogP contribution >= 0.6 is 0 Å². The lowest BCUT2D eigenvalue weighted by Crippen LogP contribution is -2.23. The summed E-state index contributed by atoms with van der Waals surface area (Å²) in [6.07, 6.45) is 1.67. The van der Waals surface area contributed by atoms with Crippen molar-refractivity contribution in [3.05, 3.63) is 58.9 Å². The van der Waals surface area contributed by atoms with Crippen LogP contribution in [0.2, 0.25) is 0 Å². The molecule has 160 valence electrons. The number of rotatable bonds is 6. The molecule has 1 heterocycles. The van der Waals surface area contributed by atoms with Gasteiger partial charge in [0, 0.05) is 11.6 Å². The molecule has 0 N–H and O–H groups in total. The van der Waals surface area contributed by atoms with Crippen LogP contribution in [0.15, 0.2) is 36.4 Å². The zero-order chi connectivity index (χ0) is 21.3. The third kappa shape index (κ3) is 4.85. The van der Waals surface area contributed by atoms with E-state index < -0.39 is 6.36 Å². The highest BCUT2D eigenvalue weighted by atomic mass is 19.4. The normalized spacial score (nSPS) is 22.0. The van der Waals surface area contributed by atoms with Gasteiger partial charge in [-0.3, -0.25) is 4.79 Å². The highest BCUT2D eigenvalue weighted by molar-refractivity contribution is 5.97. The topological polar surface area (TPSA) is 39.2 Å². The molecular weight excluding hydrogens is 391 g/mol. The van der Waals surface area contributed by atoms with Gasteiger partial charge in [-0.15, -0.1) is 13.2 Å². The molecule has 1 aromatic heterocycles. The average molecular weight is 417 g/mol. The summed E-state index contributed by atoms with van der Waals surface area (Å²) in [6, 6.07) is 10.3. The summed E-state index contributed by atoms with van der Waals surface area (Å²) in [5.74, 6) is 0.679. The van der Waals surface area contributed by atoms with E-state index in [0.29, 0.717) is 11.6 Å². The van der Waals surface area contributed by atoms with Gasteiger partial charge in [0.05, 0.1) is 0 Å². The zero-order valence-electron chi connectivity index (χ0n) is 17.0. The number of halogens is 3. The van der Waals surface area contributed by atoms with Crippen LogP contribution in [-0.2, 0) is 6.42 Å². The van der Waals surface area contributed by atoms with Crippen molar-refractivity contribution in [3.8, 4) is 5.75 Å². The highest BCUT2D eigenvalue weighted by Crippen LogP contribution is 2.43. The molecule has 2 fully saturated rings. The first-order valence-corrected chi connectivity index (χ1v) is 10.7. The molecule has 2 aliphatic rings. The number of carbonyl (C=O) groups excluding carboxylic acids is 1. The SMILES string of the molecule is CCc1ccc(C2CC2)c(C(=O)C2CCC(c3ccc(OC(F)(F)F)cc3)CC2)n1. The molecule has 1 aromatic carbocycles. The smallest absolute Gasteiger partial charge is 0.406 e. The fourth-order valence-electron chi connectivity index (χ4n) is 4.45. The van der Waals surface area contributed by atoms with Crippen LogP contribution in [0, 0.1) is 5.92 Å². The minimum atomic E-state index is -4.68. The number of benzene rings is 1. The first-order valence-electron chi connectivity index (χ1n) is 10.7. The van der Waals surface area contributed by atoms with Gasteiger partial charge in [-0.1, -0.05) is 25.1 Å². The van der Waals surface area contributed by atoms with E-state index in [-0.39, 0.29) is 23.4 Å². The van der Waals surface area contributed by atoms with Crippen molar-refractivity contribution in [3.63, 3.8) is 0 Å². The van der Waals surface area contributed by atoms with Crippen molar-refractivity contribution >= 4 is 5.78 Å². The number of hydrogen-bond donors (Lipinski definition) is 0. The van der Waals surface area contributed by atoms with Gasteiger partial charge in [-0.25, -0.2) is 4.98 Å². The molecule has 2 aliphatic carbocycles. The van der Waals surface area contributed by atoms with Gasteiger partial charge in [-0.2, -0.15) is 0 Å². The fraction of sp³-hybridized carbons (Fsp3) is 0.500. The summed E-state index contributed by atoms with van der Waals surface area (Å²) in [5.41, 5.74) is 3.74. The second kappa shape index (κ2) is 8.40. The Morgan fingerprint density at radius 1 is 0.967 bits per heavy atom. The lowest BCUT2D eigenvalue weighted by molar-refractivity contribution is -0.274. The Balaban J connectivity index is 1.41. The monoisotopic (exact) mass is 417 g/mol. The van der Waals surface area contributed by atoms with E-state index in [1.165, 1.54) is 12.1 Å². The van der Waals surface area contributed by atoms with Crippen LogP contribution in [0.1, 0.15) is 84.6 Å². The standard InChI is InChI=1S/C24H26F3NO2/c1-2-19-11-14-21(17-5-6-17)22(28-19)23(29)18-7-3-15(4-8-18)16-9-12-20(13-10-16)30-24(25,26)27/h9-15,17-18H,2-8H2,1H3. The van der Waals surface area contributed by atoms with E-state index in [1.54, 1.807) is 12.1 Å². The minimum Gasteiger partial charge on any atom is -0.406 e. The van der Waals surface area contributed by atoms with Crippen LogP contribution in [0.5, 0.6) is 5.75 Å². The number of aromatic nitrogens is 1. The van der Waals surface area contributed by atoms with Crippen molar-refractivity contribution in [2.45, 2.75) is 70.1 Å². The molecule has 6 heteroatoms. The van der Waals surface area contributed by atoms with Crippen LogP contribution in [0.3, 0.4) is 0 Å². The maximum absolute atomic E-state index is 13.3. The maximum atomic E-state index is 13.3. The summed E-state index contributed by atoms with van der Waals surface area (Å²) in [5, 5.41) is 0. The largest absolute Gasteiger partial charge is 0.573 e. The Morgan fingerprint density at radius 3 is 2.17 bits per heavy atom. The van der Waals surface area contributed by atoms with Crippen LogP contribution in [0.25, 0.3) is 0 Å². The summed E-state index contributed by atoms with van der Waals surface area (Å²) < 4.78 is 40.9. The molecule has 0 amide bonds. The van der Waals surface area contributed by atoms with Gasteiger partial charge < -0.3 is 4.74 Å². The Hall–Kier alpha value is -2.37. The molecule has 4 rings (SSSR count). The number of hydrogen-bond acceptors (Lipinski definition) is 3. The number of alkyl halides is 3. The zero-order valence-corrected chi connectivity index (χ0v) is 17.0. The summed E-state index contributed by atoms with van der Waals surface area (Å²) in [4.78, 5) is 17.9. The number of nitrogens with zero attached hydrogens (tertiary/aromatic N) is 1. The Kier molecular flexibility index (Phi) is 5.85. The summed E-state index contributed by atoms with van der Waals surface area (Å²) in [7, 11) is 0. The van der Waals surface area contributed by atoms with E-state index in [4.69, 9.17) is 0 Å². The van der Waals surface area contributed by atoms with E-state index in [2.05, 4.69) is 15.8 Å². The molecule has 0 bridgehead atoms. The molecule has 0 saturated heterocycles. The van der Waals surface area contributed by atoms with Gasteiger partial charge in [0.1, 0.15) is 11.4 Å². The number of ketones is 1. The minimum absolute atomic E-state index is 0.0220. The molecule has 0 atom stereocenters. The third-order valence-corrected chi connectivity index (χ3v) is 6.28. The maximum Gasteiger partial charge on any atom is 0.573 e. The highest BCUT2D eigenvalue weighted by Gasteiger charge is 2.34. The predicted octanol–water partition coefficient (Wildman–Crippen LogP) is 6.58.